The van der Waals surface area contributed by atoms with Crippen LogP contribution in [0, 0.1) is 40.4 Å². The average molecular weight is 360 g/mol. The number of carbonyl (C=O) groups excluding carboxylic acids is 4. The Morgan fingerprint density at radius 1 is 0.962 bits per heavy atom. The second-order valence-corrected chi connectivity index (χ2v) is 9.60. The summed E-state index contributed by atoms with van der Waals surface area (Å²) < 4.78 is 0. The first-order chi connectivity index (χ1) is 12.1. The fourth-order valence-corrected chi connectivity index (χ4v) is 7.55. The van der Waals surface area contributed by atoms with E-state index in [4.69, 9.17) is 0 Å². The molecule has 0 amide bonds. The van der Waals surface area contributed by atoms with Crippen molar-refractivity contribution >= 4 is 23.1 Å². The molecule has 0 spiro atoms. The number of hydrogen-bond acceptors (Lipinski definition) is 5. The van der Waals surface area contributed by atoms with Crippen LogP contribution in [0.3, 0.4) is 0 Å². The van der Waals surface area contributed by atoms with E-state index in [1.165, 1.54) is 0 Å². The normalized spacial score (nSPS) is 50.8. The number of aliphatic hydroxyl groups excluding tert-OH is 1. The lowest BCUT2D eigenvalue weighted by atomic mass is 9.44. The zero-order valence-electron chi connectivity index (χ0n) is 15.8. The van der Waals surface area contributed by atoms with E-state index in [0.717, 1.165) is 32.1 Å². The molecule has 4 fully saturated rings. The van der Waals surface area contributed by atoms with Crippen molar-refractivity contribution in [2.75, 3.05) is 0 Å². The molecule has 0 aromatic rings. The molecule has 2 unspecified atom stereocenters. The van der Waals surface area contributed by atoms with Gasteiger partial charge in [0.15, 0.2) is 0 Å². The van der Waals surface area contributed by atoms with Crippen LogP contribution in [-0.2, 0) is 19.2 Å². The number of hydrogen-bond donors (Lipinski definition) is 1. The zero-order valence-corrected chi connectivity index (χ0v) is 15.8. The Morgan fingerprint density at radius 2 is 1.62 bits per heavy atom. The molecule has 142 valence electrons. The van der Waals surface area contributed by atoms with Gasteiger partial charge in [0.2, 0.25) is 11.6 Å². The van der Waals surface area contributed by atoms with Crippen LogP contribution in [0.25, 0.3) is 0 Å². The van der Waals surface area contributed by atoms with Gasteiger partial charge in [-0.05, 0) is 68.6 Å². The van der Waals surface area contributed by atoms with E-state index in [9.17, 15) is 24.3 Å². The second-order valence-electron chi connectivity index (χ2n) is 9.60. The summed E-state index contributed by atoms with van der Waals surface area (Å²) in [5.41, 5.74) is -0.963. The minimum atomic E-state index is -1.34. The highest BCUT2D eigenvalue weighted by Gasteiger charge is 2.66. The van der Waals surface area contributed by atoms with E-state index < -0.39 is 34.8 Å². The summed E-state index contributed by atoms with van der Waals surface area (Å²) in [5, 5.41) is 10.4. The van der Waals surface area contributed by atoms with Gasteiger partial charge in [0.1, 0.15) is 11.9 Å². The molecule has 1 N–H and O–H groups in total. The summed E-state index contributed by atoms with van der Waals surface area (Å²) in [4.78, 5) is 49.2. The predicted octanol–water partition coefficient (Wildman–Crippen LogP) is 2.13. The molecule has 4 aliphatic rings. The monoisotopic (exact) mass is 360 g/mol. The third kappa shape index (κ3) is 2.01. The van der Waals surface area contributed by atoms with Gasteiger partial charge in [-0.3, -0.25) is 19.2 Å². The average Bonchev–Trinajstić information content (AvgIpc) is 2.96. The van der Waals surface area contributed by atoms with Gasteiger partial charge in [-0.15, -0.1) is 0 Å². The third-order valence-corrected chi connectivity index (χ3v) is 8.85. The van der Waals surface area contributed by atoms with E-state index >= 15 is 0 Å². The quantitative estimate of drug-likeness (QED) is 0.724. The predicted molar refractivity (Wildman–Crippen MR) is 93.1 cm³/mol. The molecule has 0 aromatic carbocycles. The maximum Gasteiger partial charge on any atom is 0.267 e. The molecule has 0 bridgehead atoms. The molecule has 26 heavy (non-hydrogen) atoms. The molecular formula is C21H28O5. The van der Waals surface area contributed by atoms with E-state index in [2.05, 4.69) is 6.92 Å². The molecule has 4 saturated carbocycles. The molecule has 8 atom stereocenters. The molecule has 0 radical (unpaired) electrons. The standard InChI is InChI=1S/C21H28O5/c1-10(22)12-6-7-13-11-4-5-15-16(23)17(24)18(25)19(26)21(15,3)14(11)8-9-20(12,13)2/h11-16,23H,4-9H2,1-3H3/t11-,12+,13-,14-,15?,16?,20+,21+/m0/s1. The fourth-order valence-electron chi connectivity index (χ4n) is 7.55. The van der Waals surface area contributed by atoms with Gasteiger partial charge in [0, 0.05) is 17.3 Å². The van der Waals surface area contributed by atoms with E-state index in [0.29, 0.717) is 12.3 Å². The SMILES string of the molecule is CC(=O)[C@H]1CC[C@H]2[C@@H]3CCC4C(O)C(=O)C(=O)C(=O)[C@]4(C)[C@H]3CC[C@]12C. The molecule has 0 heterocycles. The molecule has 5 nitrogen and oxygen atoms in total. The maximum atomic E-state index is 12.9. The van der Waals surface area contributed by atoms with Crippen molar-refractivity contribution in [3.63, 3.8) is 0 Å². The van der Waals surface area contributed by atoms with Crippen LogP contribution in [0.2, 0.25) is 0 Å². The van der Waals surface area contributed by atoms with Crippen LogP contribution >= 0.6 is 0 Å². The maximum absolute atomic E-state index is 12.9. The number of carbonyl (C=O) groups is 4. The highest BCUT2D eigenvalue weighted by Crippen LogP contribution is 2.66. The van der Waals surface area contributed by atoms with Gasteiger partial charge < -0.3 is 5.11 Å². The number of aliphatic hydroxyl groups is 1. The Morgan fingerprint density at radius 3 is 2.27 bits per heavy atom. The summed E-state index contributed by atoms with van der Waals surface area (Å²) in [6, 6.07) is 0. The molecular weight excluding hydrogens is 332 g/mol. The lowest BCUT2D eigenvalue weighted by Gasteiger charge is -2.59. The lowest BCUT2D eigenvalue weighted by molar-refractivity contribution is -0.178. The topological polar surface area (TPSA) is 88.5 Å². The summed E-state index contributed by atoms with van der Waals surface area (Å²) >= 11 is 0. The first-order valence-corrected chi connectivity index (χ1v) is 9.95. The van der Waals surface area contributed by atoms with E-state index in [-0.39, 0.29) is 29.0 Å². The highest BCUT2D eigenvalue weighted by molar-refractivity contribution is 6.66. The Labute approximate surface area is 153 Å². The van der Waals surface area contributed by atoms with Crippen LogP contribution in [-0.4, -0.2) is 34.3 Å². The minimum absolute atomic E-state index is 0.0178. The lowest BCUT2D eigenvalue weighted by Crippen LogP contribution is -2.64. The van der Waals surface area contributed by atoms with Crippen molar-refractivity contribution in [3.8, 4) is 0 Å². The van der Waals surface area contributed by atoms with Gasteiger partial charge in [-0.1, -0.05) is 13.8 Å². The second kappa shape index (κ2) is 5.57. The number of ketones is 4. The molecule has 5 heteroatoms. The smallest absolute Gasteiger partial charge is 0.267 e. The largest absolute Gasteiger partial charge is 0.384 e. The summed E-state index contributed by atoms with van der Waals surface area (Å²) in [7, 11) is 0. The first-order valence-electron chi connectivity index (χ1n) is 9.95. The molecule has 0 aliphatic heterocycles. The van der Waals surface area contributed by atoms with Crippen molar-refractivity contribution in [1.82, 2.24) is 0 Å². The Hall–Kier alpha value is -1.36. The molecule has 0 saturated heterocycles. The van der Waals surface area contributed by atoms with Gasteiger partial charge in [-0.25, -0.2) is 0 Å². The van der Waals surface area contributed by atoms with Gasteiger partial charge >= 0.3 is 0 Å². The fraction of sp³-hybridized carbons (Fsp3) is 0.810. The molecule has 4 rings (SSSR count). The third-order valence-electron chi connectivity index (χ3n) is 8.85. The van der Waals surface area contributed by atoms with Gasteiger partial charge in [-0.2, -0.15) is 0 Å². The Kier molecular flexibility index (Phi) is 3.86. The zero-order chi connectivity index (χ0) is 19.0. The minimum Gasteiger partial charge on any atom is -0.384 e. The Bertz CT molecular complexity index is 711. The van der Waals surface area contributed by atoms with Crippen molar-refractivity contribution in [3.05, 3.63) is 0 Å². The summed E-state index contributed by atoms with van der Waals surface area (Å²) in [6.45, 7) is 5.73. The van der Waals surface area contributed by atoms with Crippen molar-refractivity contribution < 1.29 is 24.3 Å². The van der Waals surface area contributed by atoms with Crippen LogP contribution in [0.4, 0.5) is 0 Å². The van der Waals surface area contributed by atoms with Crippen molar-refractivity contribution in [1.29, 1.82) is 0 Å². The number of fused-ring (bicyclic) bond motifs is 5. The highest BCUT2D eigenvalue weighted by atomic mass is 16.3. The van der Waals surface area contributed by atoms with Crippen LogP contribution in [0.1, 0.15) is 59.3 Å². The van der Waals surface area contributed by atoms with Crippen LogP contribution in [0.15, 0.2) is 0 Å². The number of Topliss-reactive ketones (excluding diaryl/α,β-unsaturated/α-hetero) is 4. The van der Waals surface area contributed by atoms with E-state index in [1.54, 1.807) is 6.92 Å². The van der Waals surface area contributed by atoms with Crippen LogP contribution < -0.4 is 0 Å². The first kappa shape index (κ1) is 18.0. The molecule has 4 aliphatic carbocycles. The van der Waals surface area contributed by atoms with Gasteiger partial charge in [0.05, 0.1) is 0 Å². The number of rotatable bonds is 1. The van der Waals surface area contributed by atoms with Crippen molar-refractivity contribution in [2.45, 2.75) is 65.4 Å². The summed E-state index contributed by atoms with van der Waals surface area (Å²) in [5.74, 6) is -1.93. The Balaban J connectivity index is 1.72. The molecule has 0 aromatic heterocycles. The summed E-state index contributed by atoms with van der Waals surface area (Å²) in [6.07, 6.45) is 3.68. The van der Waals surface area contributed by atoms with Crippen LogP contribution in [0.5, 0.6) is 0 Å². The van der Waals surface area contributed by atoms with Gasteiger partial charge in [0.25, 0.3) is 5.78 Å². The van der Waals surface area contributed by atoms with Crippen molar-refractivity contribution in [2.24, 2.45) is 40.4 Å². The van der Waals surface area contributed by atoms with E-state index in [1.807, 2.05) is 6.92 Å².